The Morgan fingerprint density at radius 1 is 1.10 bits per heavy atom. The third-order valence-corrected chi connectivity index (χ3v) is 7.33. The van der Waals surface area contributed by atoms with Crippen LogP contribution < -0.4 is 10.1 Å². The lowest BCUT2D eigenvalue weighted by molar-refractivity contribution is -0.309. The van der Waals surface area contributed by atoms with E-state index in [0.717, 1.165) is 29.7 Å². The Morgan fingerprint density at radius 2 is 1.76 bits per heavy atom. The second kappa shape index (κ2) is 11.1. The summed E-state index contributed by atoms with van der Waals surface area (Å²) in [5.41, 5.74) is 1.58. The normalized spacial score (nSPS) is 23.0. The molecular weight excluding hydrogens is 565 g/mol. The number of carbonyl (C=O) groups excluding carboxylic acids is 1. The maximum absolute atomic E-state index is 14.7. The highest BCUT2D eigenvalue weighted by Crippen LogP contribution is 2.38. The van der Waals surface area contributed by atoms with Gasteiger partial charge in [-0.05, 0) is 49.8 Å². The summed E-state index contributed by atoms with van der Waals surface area (Å²) < 4.78 is 108. The summed E-state index contributed by atoms with van der Waals surface area (Å²) in [7, 11) is 0. The molecule has 15 heteroatoms. The lowest BCUT2D eigenvalue weighted by atomic mass is 9.92. The number of hydrogen-bond donors (Lipinski definition) is 1. The van der Waals surface area contributed by atoms with Crippen LogP contribution in [0.2, 0.25) is 0 Å². The molecule has 1 aliphatic carbocycles. The highest BCUT2D eigenvalue weighted by atomic mass is 19.4. The van der Waals surface area contributed by atoms with Crippen molar-refractivity contribution in [2.75, 3.05) is 18.5 Å². The minimum Gasteiger partial charge on any atom is -0.474 e. The zero-order valence-electron chi connectivity index (χ0n) is 21.8. The Labute approximate surface area is 230 Å². The standard InChI is InChI=1S/C26H27F7N4O4/c1-13-21(36-20-5-4-15(7-19(20)27)6-14-2-3-14)34-12-35-22(13)40-18-8-16-10-39-11-17(9-18)37(16)24(38)41-23(25(28,29)30)26(31,32)33/h4-5,7,12,14,16-18,23H,2-3,6,8-11H2,1H3,(H,34,35,36). The molecule has 1 aromatic carbocycles. The molecule has 2 bridgehead atoms. The van der Waals surface area contributed by atoms with E-state index in [1.165, 1.54) is 12.4 Å². The molecule has 3 aliphatic rings. The SMILES string of the molecule is Cc1c(Nc2ccc(CC3CC3)cc2F)ncnc1OC1CC2COCC(C1)N2C(=O)OC(C(F)(F)F)C(F)(F)F. The molecule has 2 aliphatic heterocycles. The predicted molar refractivity (Wildman–Crippen MR) is 129 cm³/mol. The summed E-state index contributed by atoms with van der Waals surface area (Å²) in [5, 5.41) is 2.94. The van der Waals surface area contributed by atoms with Crippen LogP contribution in [0.15, 0.2) is 24.5 Å². The van der Waals surface area contributed by atoms with Gasteiger partial charge in [0, 0.05) is 12.8 Å². The number of ether oxygens (including phenoxy) is 3. The van der Waals surface area contributed by atoms with Gasteiger partial charge in [0.25, 0.3) is 6.10 Å². The summed E-state index contributed by atoms with van der Waals surface area (Å²) in [4.78, 5) is 21.7. The highest BCUT2D eigenvalue weighted by Gasteiger charge is 2.61. The first kappa shape index (κ1) is 29.1. The maximum Gasteiger partial charge on any atom is 0.434 e. The lowest BCUT2D eigenvalue weighted by Crippen LogP contribution is -2.62. The Bertz CT molecular complexity index is 1240. The zero-order valence-corrected chi connectivity index (χ0v) is 21.8. The van der Waals surface area contributed by atoms with Gasteiger partial charge < -0.3 is 19.5 Å². The second-order valence-corrected chi connectivity index (χ2v) is 10.5. The molecule has 1 saturated carbocycles. The Morgan fingerprint density at radius 3 is 2.34 bits per heavy atom. The number of nitrogens with one attached hydrogen (secondary N) is 1. The van der Waals surface area contributed by atoms with Gasteiger partial charge in [0.1, 0.15) is 24.1 Å². The summed E-state index contributed by atoms with van der Waals surface area (Å²) in [5.74, 6) is 0.618. The zero-order chi connectivity index (χ0) is 29.5. The predicted octanol–water partition coefficient (Wildman–Crippen LogP) is 5.86. The number of piperidine rings is 1. The monoisotopic (exact) mass is 592 g/mol. The maximum atomic E-state index is 14.7. The number of morpholine rings is 1. The number of nitrogens with zero attached hydrogens (tertiary/aromatic N) is 3. The number of benzene rings is 1. The van der Waals surface area contributed by atoms with Crippen molar-refractivity contribution in [2.24, 2.45) is 5.92 Å². The van der Waals surface area contributed by atoms with Crippen molar-refractivity contribution in [1.29, 1.82) is 0 Å². The average molecular weight is 593 g/mol. The molecule has 2 atom stereocenters. The molecule has 2 aromatic rings. The fourth-order valence-corrected chi connectivity index (χ4v) is 5.15. The van der Waals surface area contributed by atoms with Gasteiger partial charge in [-0.2, -0.15) is 26.3 Å². The number of aromatic nitrogens is 2. The first-order valence-corrected chi connectivity index (χ1v) is 13.0. The van der Waals surface area contributed by atoms with Crippen molar-refractivity contribution in [3.8, 4) is 5.88 Å². The molecule has 0 spiro atoms. The van der Waals surface area contributed by atoms with Crippen LogP contribution >= 0.6 is 0 Å². The van der Waals surface area contributed by atoms with Crippen LogP contribution in [0.4, 0.5) is 47.0 Å². The number of alkyl halides is 6. The number of rotatable bonds is 7. The van der Waals surface area contributed by atoms with Crippen molar-refractivity contribution < 1.29 is 49.7 Å². The Hall–Kier alpha value is -3.36. The summed E-state index contributed by atoms with van der Waals surface area (Å²) in [6.45, 7) is 1.40. The quantitative estimate of drug-likeness (QED) is 0.403. The van der Waals surface area contributed by atoms with Crippen LogP contribution in [0, 0.1) is 18.7 Å². The first-order chi connectivity index (χ1) is 19.3. The summed E-state index contributed by atoms with van der Waals surface area (Å²) in [6.07, 6.45) is -13.8. The van der Waals surface area contributed by atoms with E-state index in [1.54, 1.807) is 13.0 Å². The highest BCUT2D eigenvalue weighted by molar-refractivity contribution is 5.69. The Balaban J connectivity index is 1.25. The number of carbonyl (C=O) groups is 1. The van der Waals surface area contributed by atoms with Gasteiger partial charge in [-0.3, -0.25) is 4.90 Å². The number of halogens is 7. The molecular formula is C26H27F7N4O4. The van der Waals surface area contributed by atoms with Gasteiger partial charge in [0.15, 0.2) is 0 Å². The van der Waals surface area contributed by atoms with E-state index in [9.17, 15) is 35.5 Å². The van der Waals surface area contributed by atoms with Gasteiger partial charge in [0.05, 0.1) is 36.5 Å². The molecule has 5 rings (SSSR count). The molecule has 3 heterocycles. The minimum absolute atomic E-state index is 0.0393. The molecule has 1 N–H and O–H groups in total. The van der Waals surface area contributed by atoms with Crippen LogP contribution in [0.25, 0.3) is 0 Å². The van der Waals surface area contributed by atoms with Crippen LogP contribution in [0.1, 0.15) is 36.8 Å². The number of hydrogen-bond acceptors (Lipinski definition) is 7. The van der Waals surface area contributed by atoms with Crippen molar-refractivity contribution in [2.45, 2.75) is 75.7 Å². The van der Waals surface area contributed by atoms with Gasteiger partial charge in [-0.1, -0.05) is 6.07 Å². The van der Waals surface area contributed by atoms with Gasteiger partial charge in [-0.25, -0.2) is 19.2 Å². The third kappa shape index (κ3) is 6.76. The van der Waals surface area contributed by atoms with Gasteiger partial charge in [0.2, 0.25) is 5.88 Å². The molecule has 2 unspecified atom stereocenters. The van der Waals surface area contributed by atoms with E-state index in [4.69, 9.17) is 9.47 Å². The van der Waals surface area contributed by atoms with Crippen LogP contribution in [0.5, 0.6) is 5.88 Å². The summed E-state index contributed by atoms with van der Waals surface area (Å²) in [6, 6.07) is 3.20. The van der Waals surface area contributed by atoms with E-state index < -0.39 is 48.6 Å². The largest absolute Gasteiger partial charge is 0.474 e. The molecule has 8 nitrogen and oxygen atoms in total. The van der Waals surface area contributed by atoms with Crippen LogP contribution in [0.3, 0.4) is 0 Å². The summed E-state index contributed by atoms with van der Waals surface area (Å²) >= 11 is 0. The van der Waals surface area contributed by atoms with Crippen molar-refractivity contribution in [3.63, 3.8) is 0 Å². The van der Waals surface area contributed by atoms with E-state index in [1.807, 2.05) is 6.07 Å². The van der Waals surface area contributed by atoms with E-state index in [2.05, 4.69) is 20.0 Å². The van der Waals surface area contributed by atoms with E-state index in [-0.39, 0.29) is 37.6 Å². The van der Waals surface area contributed by atoms with E-state index >= 15 is 0 Å². The minimum atomic E-state index is -5.82. The van der Waals surface area contributed by atoms with Crippen LogP contribution in [-0.2, 0) is 15.9 Å². The first-order valence-electron chi connectivity index (χ1n) is 13.0. The topological polar surface area (TPSA) is 85.8 Å². The van der Waals surface area contributed by atoms with E-state index in [0.29, 0.717) is 17.3 Å². The second-order valence-electron chi connectivity index (χ2n) is 10.5. The van der Waals surface area contributed by atoms with Gasteiger partial charge >= 0.3 is 18.4 Å². The lowest BCUT2D eigenvalue weighted by Gasteiger charge is -2.47. The van der Waals surface area contributed by atoms with Crippen molar-refractivity contribution in [1.82, 2.24) is 14.9 Å². The molecule has 0 radical (unpaired) electrons. The Kier molecular flexibility index (Phi) is 7.92. The fraction of sp³-hybridized carbons (Fsp3) is 0.577. The van der Waals surface area contributed by atoms with Crippen molar-refractivity contribution >= 4 is 17.6 Å². The number of fused-ring (bicyclic) bond motifs is 2. The fourth-order valence-electron chi connectivity index (χ4n) is 5.15. The molecule has 1 aromatic heterocycles. The molecule has 41 heavy (non-hydrogen) atoms. The number of amides is 1. The third-order valence-electron chi connectivity index (χ3n) is 7.33. The molecule has 3 fully saturated rings. The molecule has 224 valence electrons. The number of anilines is 2. The average Bonchev–Trinajstić information content (AvgIpc) is 3.68. The smallest absolute Gasteiger partial charge is 0.434 e. The van der Waals surface area contributed by atoms with Crippen LogP contribution in [-0.4, -0.2) is 70.8 Å². The van der Waals surface area contributed by atoms with Gasteiger partial charge in [-0.15, -0.1) is 0 Å². The molecule has 1 amide bonds. The molecule has 2 saturated heterocycles. The van der Waals surface area contributed by atoms with Crippen molar-refractivity contribution in [3.05, 3.63) is 41.5 Å².